The normalized spacial score (nSPS) is 12.7. The molecule has 0 atom stereocenters. The molecule has 8 aromatic carbocycles. The van der Waals surface area contributed by atoms with Gasteiger partial charge < -0.3 is 19.8 Å². The molecular formula is C50H41NO3. The average molecular weight is 704 g/mol. The van der Waals surface area contributed by atoms with Gasteiger partial charge in [0.05, 0.1) is 22.6 Å². The molecule has 0 saturated heterocycles. The molecule has 4 heteroatoms. The monoisotopic (exact) mass is 703 g/mol. The van der Waals surface area contributed by atoms with Crippen molar-refractivity contribution in [3.8, 4) is 44.9 Å². The van der Waals surface area contributed by atoms with E-state index in [4.69, 9.17) is 4.74 Å². The summed E-state index contributed by atoms with van der Waals surface area (Å²) in [4.78, 5) is 2.28. The Hall–Kier alpha value is -6.20. The Bertz CT molecular complexity index is 2550. The van der Waals surface area contributed by atoms with E-state index in [-0.39, 0.29) is 0 Å². The van der Waals surface area contributed by atoms with Crippen molar-refractivity contribution < 1.29 is 14.9 Å². The van der Waals surface area contributed by atoms with E-state index in [1.165, 1.54) is 0 Å². The summed E-state index contributed by atoms with van der Waals surface area (Å²) in [5, 5.41) is 27.3. The fourth-order valence-corrected chi connectivity index (χ4v) is 8.01. The quantitative estimate of drug-likeness (QED) is 0.181. The largest absolute Gasteiger partial charge is 0.453 e. The van der Waals surface area contributed by atoms with Gasteiger partial charge in [0.25, 0.3) is 0 Å². The van der Waals surface area contributed by atoms with Crippen LogP contribution in [0.5, 0.6) is 11.5 Å². The van der Waals surface area contributed by atoms with E-state index in [2.05, 4.69) is 126 Å². The lowest BCUT2D eigenvalue weighted by Gasteiger charge is -2.34. The average Bonchev–Trinajstić information content (AvgIpc) is 3.18. The van der Waals surface area contributed by atoms with Gasteiger partial charge in [0, 0.05) is 5.69 Å². The van der Waals surface area contributed by atoms with Crippen LogP contribution in [-0.2, 0) is 11.2 Å². The predicted octanol–water partition coefficient (Wildman–Crippen LogP) is 13.0. The molecule has 0 amide bonds. The highest BCUT2D eigenvalue weighted by Crippen LogP contribution is 2.54. The number of aliphatic hydroxyl groups is 2. The van der Waals surface area contributed by atoms with Gasteiger partial charge in [-0.2, -0.15) is 0 Å². The summed E-state index contributed by atoms with van der Waals surface area (Å²) >= 11 is 0. The SMILES string of the molecule is CC(C)(O)c1ccc2ccccc2c1-c1ccc2c(c1)N(c1ccc(-c3ccccc3)cc1)c1cc(-c3c(C(C)(C)O)ccc4ccccc34)ccc1O2. The second-order valence-electron chi connectivity index (χ2n) is 15.3. The van der Waals surface area contributed by atoms with Gasteiger partial charge in [0.15, 0.2) is 11.5 Å². The van der Waals surface area contributed by atoms with Crippen LogP contribution in [-0.4, -0.2) is 10.2 Å². The summed E-state index contributed by atoms with van der Waals surface area (Å²) in [7, 11) is 0. The fraction of sp³-hybridized carbons (Fsp3) is 0.120. The topological polar surface area (TPSA) is 52.9 Å². The lowest BCUT2D eigenvalue weighted by molar-refractivity contribution is 0.0787. The Morgan fingerprint density at radius 1 is 0.426 bits per heavy atom. The zero-order valence-corrected chi connectivity index (χ0v) is 30.8. The first-order valence-electron chi connectivity index (χ1n) is 18.5. The lowest BCUT2D eigenvalue weighted by atomic mass is 9.85. The van der Waals surface area contributed by atoms with E-state index >= 15 is 0 Å². The molecule has 0 radical (unpaired) electrons. The fourth-order valence-electron chi connectivity index (χ4n) is 8.01. The highest BCUT2D eigenvalue weighted by Gasteiger charge is 2.30. The molecule has 8 aromatic rings. The number of rotatable bonds is 6. The molecule has 2 N–H and O–H groups in total. The molecule has 0 spiro atoms. The molecule has 264 valence electrons. The summed E-state index contributed by atoms with van der Waals surface area (Å²) in [5.41, 5.74) is 8.56. The second kappa shape index (κ2) is 12.7. The van der Waals surface area contributed by atoms with Crippen molar-refractivity contribution in [2.45, 2.75) is 38.9 Å². The van der Waals surface area contributed by atoms with E-state index in [9.17, 15) is 10.2 Å². The molecule has 1 aliphatic rings. The van der Waals surface area contributed by atoms with Crippen LogP contribution in [0.25, 0.3) is 54.9 Å². The Morgan fingerprint density at radius 2 is 0.852 bits per heavy atom. The van der Waals surface area contributed by atoms with Gasteiger partial charge in [-0.05, 0) is 130 Å². The van der Waals surface area contributed by atoms with E-state index in [1.54, 1.807) is 0 Å². The maximum atomic E-state index is 11.4. The van der Waals surface area contributed by atoms with Crippen LogP contribution in [0.3, 0.4) is 0 Å². The minimum absolute atomic E-state index is 0.735. The molecule has 0 unspecified atom stereocenters. The number of ether oxygens (including phenoxy) is 1. The number of hydrogen-bond acceptors (Lipinski definition) is 4. The predicted molar refractivity (Wildman–Crippen MR) is 223 cm³/mol. The maximum Gasteiger partial charge on any atom is 0.151 e. The molecule has 0 saturated carbocycles. The van der Waals surface area contributed by atoms with Gasteiger partial charge in [-0.3, -0.25) is 0 Å². The van der Waals surface area contributed by atoms with E-state index < -0.39 is 11.2 Å². The van der Waals surface area contributed by atoms with Crippen LogP contribution < -0.4 is 9.64 Å². The molecule has 1 heterocycles. The number of hydrogen-bond donors (Lipinski definition) is 2. The van der Waals surface area contributed by atoms with E-state index in [1.807, 2.05) is 70.2 Å². The van der Waals surface area contributed by atoms with Gasteiger partial charge in [-0.1, -0.05) is 127 Å². The number of fused-ring (bicyclic) bond motifs is 4. The van der Waals surface area contributed by atoms with E-state index in [0.717, 1.165) is 94.6 Å². The smallest absolute Gasteiger partial charge is 0.151 e. The van der Waals surface area contributed by atoms with Crippen molar-refractivity contribution in [2.75, 3.05) is 4.90 Å². The zero-order valence-electron chi connectivity index (χ0n) is 30.8. The standard InChI is InChI=1S/C50H41NO3/c1-49(2,52)41-26-20-34-14-8-10-16-39(34)47(41)36-22-28-45-43(30-36)51(38-24-18-33(19-25-38)32-12-6-5-7-13-32)44-31-37(23-29-46(44)54-45)48-40-17-11-9-15-35(40)21-27-42(48)50(3,4)53/h5-31,52-53H,1-4H3. The Balaban J connectivity index is 1.28. The van der Waals surface area contributed by atoms with Crippen molar-refractivity contribution in [3.63, 3.8) is 0 Å². The minimum atomic E-state index is -1.07. The van der Waals surface area contributed by atoms with Crippen LogP contribution >= 0.6 is 0 Å². The Morgan fingerprint density at radius 3 is 1.33 bits per heavy atom. The summed E-state index contributed by atoms with van der Waals surface area (Å²) < 4.78 is 6.73. The number of anilines is 3. The summed E-state index contributed by atoms with van der Waals surface area (Å²) in [5.74, 6) is 1.47. The molecule has 0 bridgehead atoms. The second-order valence-corrected chi connectivity index (χ2v) is 15.3. The summed E-state index contributed by atoms with van der Waals surface area (Å²) in [6.45, 7) is 7.37. The minimum Gasteiger partial charge on any atom is -0.453 e. The van der Waals surface area contributed by atoms with Crippen molar-refractivity contribution in [2.24, 2.45) is 0 Å². The van der Waals surface area contributed by atoms with Gasteiger partial charge in [-0.15, -0.1) is 0 Å². The molecule has 9 rings (SSSR count). The molecule has 0 fully saturated rings. The molecule has 0 aromatic heterocycles. The van der Waals surface area contributed by atoms with Gasteiger partial charge in [-0.25, -0.2) is 0 Å². The lowest BCUT2D eigenvalue weighted by Crippen LogP contribution is -2.18. The summed E-state index contributed by atoms with van der Waals surface area (Å²) in [6.07, 6.45) is 0. The first-order chi connectivity index (χ1) is 26.0. The molecule has 4 nitrogen and oxygen atoms in total. The van der Waals surface area contributed by atoms with Crippen molar-refractivity contribution in [1.29, 1.82) is 0 Å². The van der Waals surface area contributed by atoms with Gasteiger partial charge in [0.1, 0.15) is 0 Å². The third-order valence-corrected chi connectivity index (χ3v) is 10.6. The zero-order chi connectivity index (χ0) is 37.2. The first kappa shape index (κ1) is 33.6. The van der Waals surface area contributed by atoms with Crippen LogP contribution in [0, 0.1) is 0 Å². The maximum absolute atomic E-state index is 11.4. The van der Waals surface area contributed by atoms with Crippen LogP contribution in [0.4, 0.5) is 17.1 Å². The molecule has 54 heavy (non-hydrogen) atoms. The Labute approximate surface area is 316 Å². The molecular weight excluding hydrogens is 663 g/mol. The molecule has 0 aliphatic carbocycles. The van der Waals surface area contributed by atoms with Crippen molar-refractivity contribution in [1.82, 2.24) is 0 Å². The van der Waals surface area contributed by atoms with E-state index in [0.29, 0.717) is 0 Å². The van der Waals surface area contributed by atoms with Crippen LogP contribution in [0.1, 0.15) is 38.8 Å². The van der Waals surface area contributed by atoms with Crippen molar-refractivity contribution in [3.05, 3.63) is 175 Å². The van der Waals surface area contributed by atoms with Gasteiger partial charge >= 0.3 is 0 Å². The van der Waals surface area contributed by atoms with Crippen LogP contribution in [0.2, 0.25) is 0 Å². The number of nitrogens with zero attached hydrogens (tertiary/aromatic N) is 1. The molecule has 1 aliphatic heterocycles. The first-order valence-corrected chi connectivity index (χ1v) is 18.5. The number of benzene rings is 8. The third kappa shape index (κ3) is 5.81. The highest BCUT2D eigenvalue weighted by atomic mass is 16.5. The van der Waals surface area contributed by atoms with Crippen molar-refractivity contribution >= 4 is 38.6 Å². The van der Waals surface area contributed by atoms with Crippen LogP contribution in [0.15, 0.2) is 164 Å². The third-order valence-electron chi connectivity index (χ3n) is 10.6. The Kier molecular flexibility index (Phi) is 7.93. The van der Waals surface area contributed by atoms with Gasteiger partial charge in [0.2, 0.25) is 0 Å². The highest BCUT2D eigenvalue weighted by molar-refractivity contribution is 6.02. The summed E-state index contributed by atoms with van der Waals surface area (Å²) in [6, 6.07) is 56.7.